The van der Waals surface area contributed by atoms with Crippen LogP contribution in [-0.2, 0) is 14.8 Å². The summed E-state index contributed by atoms with van der Waals surface area (Å²) in [6, 6.07) is 17.4. The van der Waals surface area contributed by atoms with Gasteiger partial charge in [-0.25, -0.2) is 8.42 Å². The zero-order valence-corrected chi connectivity index (χ0v) is 18.6. The molecule has 1 atom stereocenters. The van der Waals surface area contributed by atoms with E-state index in [0.29, 0.717) is 11.5 Å². The molecule has 0 spiro atoms. The van der Waals surface area contributed by atoms with Crippen molar-refractivity contribution in [3.8, 4) is 17.2 Å². The third-order valence-electron chi connectivity index (χ3n) is 4.59. The monoisotopic (exact) mass is 456 g/mol. The number of benzene rings is 3. The average Bonchev–Trinajstić information content (AvgIpc) is 2.76. The van der Waals surface area contributed by atoms with E-state index in [4.69, 9.17) is 9.47 Å². The van der Waals surface area contributed by atoms with E-state index in [-0.39, 0.29) is 22.0 Å². The molecule has 0 fully saturated rings. The number of carbonyl (C=O) groups is 1. The first-order valence-corrected chi connectivity index (χ1v) is 11.2. The van der Waals surface area contributed by atoms with Gasteiger partial charge >= 0.3 is 0 Å². The number of anilines is 2. The minimum atomic E-state index is -4.02. The van der Waals surface area contributed by atoms with Crippen molar-refractivity contribution >= 4 is 27.3 Å². The van der Waals surface area contributed by atoms with Gasteiger partial charge in [0.2, 0.25) is 0 Å². The SMILES string of the molecule is COc1ccccc1NS(=O)(=O)c1ccc(O)c(NC(=O)C(C)Oc2ccc(C)cc2)c1. The Morgan fingerprint density at radius 3 is 2.38 bits per heavy atom. The highest BCUT2D eigenvalue weighted by Gasteiger charge is 2.21. The van der Waals surface area contributed by atoms with Gasteiger partial charge in [0.05, 0.1) is 23.4 Å². The first-order valence-electron chi connectivity index (χ1n) is 9.72. The van der Waals surface area contributed by atoms with Gasteiger partial charge in [0.15, 0.2) is 6.10 Å². The molecular weight excluding hydrogens is 432 g/mol. The standard InChI is InChI=1S/C23H24N2O6S/c1-15-8-10-17(11-9-15)31-16(2)23(27)24-20-14-18(12-13-21(20)26)32(28,29)25-19-6-4-5-7-22(19)30-3/h4-14,16,25-26H,1-3H3,(H,24,27). The Morgan fingerprint density at radius 2 is 1.69 bits per heavy atom. The third-order valence-corrected chi connectivity index (χ3v) is 5.95. The zero-order chi connectivity index (χ0) is 23.3. The number of hydrogen-bond donors (Lipinski definition) is 3. The Balaban J connectivity index is 1.77. The molecule has 32 heavy (non-hydrogen) atoms. The zero-order valence-electron chi connectivity index (χ0n) is 17.8. The van der Waals surface area contributed by atoms with E-state index >= 15 is 0 Å². The van der Waals surface area contributed by atoms with Crippen LogP contribution in [0.2, 0.25) is 0 Å². The topological polar surface area (TPSA) is 114 Å². The summed E-state index contributed by atoms with van der Waals surface area (Å²) in [7, 11) is -2.59. The molecule has 8 nitrogen and oxygen atoms in total. The molecule has 0 aliphatic carbocycles. The summed E-state index contributed by atoms with van der Waals surface area (Å²) in [5.41, 5.74) is 1.25. The number of para-hydroxylation sites is 2. The van der Waals surface area contributed by atoms with Crippen molar-refractivity contribution in [1.29, 1.82) is 0 Å². The Bertz CT molecular complexity index is 1210. The lowest BCUT2D eigenvalue weighted by Crippen LogP contribution is -2.30. The molecule has 9 heteroatoms. The lowest BCUT2D eigenvalue weighted by Gasteiger charge is -2.16. The Labute approximate surface area is 186 Å². The first-order chi connectivity index (χ1) is 15.2. The largest absolute Gasteiger partial charge is 0.506 e. The summed E-state index contributed by atoms with van der Waals surface area (Å²) < 4.78 is 38.9. The lowest BCUT2D eigenvalue weighted by molar-refractivity contribution is -0.122. The molecule has 1 unspecified atom stereocenters. The molecular formula is C23H24N2O6S. The van der Waals surface area contributed by atoms with Gasteiger partial charge in [0, 0.05) is 0 Å². The van der Waals surface area contributed by atoms with E-state index in [9.17, 15) is 18.3 Å². The number of rotatable bonds is 8. The minimum Gasteiger partial charge on any atom is -0.506 e. The number of ether oxygens (including phenoxy) is 2. The normalized spacial score (nSPS) is 12.0. The van der Waals surface area contributed by atoms with Crippen LogP contribution in [-0.4, -0.2) is 32.6 Å². The molecule has 3 rings (SSSR count). The van der Waals surface area contributed by atoms with Gasteiger partial charge in [0.1, 0.15) is 17.2 Å². The molecule has 0 aliphatic heterocycles. The Hall–Kier alpha value is -3.72. The second kappa shape index (κ2) is 9.61. The predicted molar refractivity (Wildman–Crippen MR) is 122 cm³/mol. The van der Waals surface area contributed by atoms with Crippen molar-refractivity contribution in [2.45, 2.75) is 24.8 Å². The molecule has 0 aromatic heterocycles. The molecule has 1 amide bonds. The fraction of sp³-hybridized carbons (Fsp3) is 0.174. The maximum Gasteiger partial charge on any atom is 0.265 e. The lowest BCUT2D eigenvalue weighted by atomic mass is 10.2. The van der Waals surface area contributed by atoms with Crippen LogP contribution in [0, 0.1) is 6.92 Å². The van der Waals surface area contributed by atoms with Gasteiger partial charge in [0.25, 0.3) is 15.9 Å². The predicted octanol–water partition coefficient (Wildman–Crippen LogP) is 3.92. The van der Waals surface area contributed by atoms with Gasteiger partial charge < -0.3 is 19.9 Å². The molecule has 3 aromatic rings. The summed E-state index contributed by atoms with van der Waals surface area (Å²) in [5.74, 6) is 0.0375. The molecule has 3 aromatic carbocycles. The van der Waals surface area contributed by atoms with Crippen LogP contribution in [0.5, 0.6) is 17.2 Å². The number of methoxy groups -OCH3 is 1. The highest BCUT2D eigenvalue weighted by Crippen LogP contribution is 2.30. The summed E-state index contributed by atoms with van der Waals surface area (Å²) >= 11 is 0. The van der Waals surface area contributed by atoms with Gasteiger partial charge in [-0.1, -0.05) is 29.8 Å². The van der Waals surface area contributed by atoms with E-state index in [1.165, 1.54) is 25.3 Å². The second-order valence-corrected chi connectivity index (χ2v) is 8.73. The van der Waals surface area contributed by atoms with Crippen molar-refractivity contribution < 1.29 is 27.8 Å². The van der Waals surface area contributed by atoms with Crippen LogP contribution in [0.3, 0.4) is 0 Å². The van der Waals surface area contributed by atoms with Crippen molar-refractivity contribution in [3.63, 3.8) is 0 Å². The molecule has 0 aliphatic rings. The van der Waals surface area contributed by atoms with E-state index in [2.05, 4.69) is 10.0 Å². The first kappa shape index (κ1) is 23.0. The van der Waals surface area contributed by atoms with E-state index in [0.717, 1.165) is 5.56 Å². The molecule has 168 valence electrons. The molecule has 3 N–H and O–H groups in total. The molecule has 0 saturated carbocycles. The minimum absolute atomic E-state index is 0.0581. The van der Waals surface area contributed by atoms with Gasteiger partial charge in [-0.15, -0.1) is 0 Å². The molecule has 0 radical (unpaired) electrons. The van der Waals surface area contributed by atoms with Crippen molar-refractivity contribution in [3.05, 3.63) is 72.3 Å². The van der Waals surface area contributed by atoms with Crippen molar-refractivity contribution in [2.75, 3.05) is 17.1 Å². The van der Waals surface area contributed by atoms with Crippen molar-refractivity contribution in [2.24, 2.45) is 0 Å². The Kier molecular flexibility index (Phi) is 6.89. The highest BCUT2D eigenvalue weighted by atomic mass is 32.2. The fourth-order valence-electron chi connectivity index (χ4n) is 2.82. The van der Waals surface area contributed by atoms with Crippen LogP contribution >= 0.6 is 0 Å². The van der Waals surface area contributed by atoms with Crippen molar-refractivity contribution in [1.82, 2.24) is 0 Å². The van der Waals surface area contributed by atoms with Crippen LogP contribution in [0.15, 0.2) is 71.6 Å². The van der Waals surface area contributed by atoms with Crippen LogP contribution in [0.4, 0.5) is 11.4 Å². The average molecular weight is 457 g/mol. The number of hydrogen-bond acceptors (Lipinski definition) is 6. The summed E-state index contributed by atoms with van der Waals surface area (Å²) in [6.07, 6.45) is -0.885. The van der Waals surface area contributed by atoms with Crippen LogP contribution in [0.1, 0.15) is 12.5 Å². The Morgan fingerprint density at radius 1 is 1.00 bits per heavy atom. The number of carbonyl (C=O) groups excluding carboxylic acids is 1. The van der Waals surface area contributed by atoms with Crippen LogP contribution < -0.4 is 19.5 Å². The summed E-state index contributed by atoms with van der Waals surface area (Å²) in [6.45, 7) is 3.49. The number of amides is 1. The third kappa shape index (κ3) is 5.50. The number of phenols is 1. The van der Waals surface area contributed by atoms with E-state index in [1.807, 2.05) is 19.1 Å². The number of aryl methyl sites for hydroxylation is 1. The van der Waals surface area contributed by atoms with Crippen LogP contribution in [0.25, 0.3) is 0 Å². The summed E-state index contributed by atoms with van der Waals surface area (Å²) in [5, 5.41) is 12.6. The second-order valence-electron chi connectivity index (χ2n) is 7.05. The molecule has 0 heterocycles. The number of nitrogens with one attached hydrogen (secondary N) is 2. The summed E-state index contributed by atoms with van der Waals surface area (Å²) in [4.78, 5) is 12.4. The van der Waals surface area contributed by atoms with E-state index in [1.54, 1.807) is 43.3 Å². The fourth-order valence-corrected chi connectivity index (χ4v) is 3.92. The molecule has 0 bridgehead atoms. The maximum absolute atomic E-state index is 12.8. The maximum atomic E-state index is 12.8. The van der Waals surface area contributed by atoms with E-state index < -0.39 is 22.0 Å². The molecule has 0 saturated heterocycles. The van der Waals surface area contributed by atoms with Gasteiger partial charge in [-0.2, -0.15) is 0 Å². The highest BCUT2D eigenvalue weighted by molar-refractivity contribution is 7.92. The van der Waals surface area contributed by atoms with Gasteiger partial charge in [-0.3, -0.25) is 9.52 Å². The quantitative estimate of drug-likeness (QED) is 0.443. The smallest absolute Gasteiger partial charge is 0.265 e. The number of phenolic OH excluding ortho intramolecular Hbond substituents is 1. The number of sulfonamides is 1. The van der Waals surface area contributed by atoms with Gasteiger partial charge in [-0.05, 0) is 56.3 Å². The number of aromatic hydroxyl groups is 1.